The average Bonchev–Trinajstić information content (AvgIpc) is 2.35. The lowest BCUT2D eigenvalue weighted by Crippen LogP contribution is -2.44. The lowest BCUT2D eigenvalue weighted by Gasteiger charge is -2.30. The minimum absolute atomic E-state index is 0.0420. The molecular formula is C13H12F3NO3. The van der Waals surface area contributed by atoms with Gasteiger partial charge in [0.15, 0.2) is 0 Å². The highest BCUT2D eigenvalue weighted by Crippen LogP contribution is 2.28. The number of rotatable bonds is 1. The summed E-state index contributed by atoms with van der Waals surface area (Å²) in [6, 6.07) is 3.15. The van der Waals surface area contributed by atoms with Crippen molar-refractivity contribution in [1.29, 1.82) is 0 Å². The van der Waals surface area contributed by atoms with E-state index in [4.69, 9.17) is 5.11 Å². The van der Waals surface area contributed by atoms with Crippen molar-refractivity contribution in [2.45, 2.75) is 26.1 Å². The van der Waals surface area contributed by atoms with Crippen LogP contribution in [0.3, 0.4) is 0 Å². The van der Waals surface area contributed by atoms with Crippen LogP contribution in [0.4, 0.5) is 13.2 Å². The quantitative estimate of drug-likeness (QED) is 0.861. The second-order valence-electron chi connectivity index (χ2n) is 4.73. The highest BCUT2D eigenvalue weighted by molar-refractivity contribution is 5.90. The summed E-state index contributed by atoms with van der Waals surface area (Å²) in [4.78, 5) is 23.0. The molecule has 1 aliphatic heterocycles. The van der Waals surface area contributed by atoms with Crippen LogP contribution < -0.4 is 0 Å². The second-order valence-corrected chi connectivity index (χ2v) is 4.73. The predicted molar refractivity (Wildman–Crippen MR) is 63.3 cm³/mol. The fourth-order valence-electron chi connectivity index (χ4n) is 2.37. The molecule has 7 heteroatoms. The van der Waals surface area contributed by atoms with Gasteiger partial charge in [-0.3, -0.25) is 4.79 Å². The minimum Gasteiger partial charge on any atom is -0.478 e. The molecule has 0 atom stereocenters. The van der Waals surface area contributed by atoms with Crippen molar-refractivity contribution >= 4 is 11.9 Å². The Labute approximate surface area is 112 Å². The Bertz CT molecular complexity index is 581. The fourth-order valence-corrected chi connectivity index (χ4v) is 2.37. The van der Waals surface area contributed by atoms with Crippen molar-refractivity contribution in [2.75, 3.05) is 6.54 Å². The summed E-state index contributed by atoms with van der Waals surface area (Å²) in [5, 5.41) is 9.12. The molecule has 1 amide bonds. The molecule has 0 spiro atoms. The van der Waals surface area contributed by atoms with Gasteiger partial charge in [0.05, 0.1) is 5.56 Å². The molecule has 1 aromatic carbocycles. The minimum atomic E-state index is -4.94. The number of amides is 1. The maximum atomic E-state index is 12.4. The molecule has 20 heavy (non-hydrogen) atoms. The van der Waals surface area contributed by atoms with Gasteiger partial charge < -0.3 is 10.0 Å². The fraction of sp³-hybridized carbons (Fsp3) is 0.385. The largest absolute Gasteiger partial charge is 0.478 e. The van der Waals surface area contributed by atoms with Crippen LogP contribution in [0.1, 0.15) is 27.0 Å². The van der Waals surface area contributed by atoms with Crippen molar-refractivity contribution in [3.05, 3.63) is 34.4 Å². The van der Waals surface area contributed by atoms with E-state index in [9.17, 15) is 22.8 Å². The zero-order valence-corrected chi connectivity index (χ0v) is 10.6. The Morgan fingerprint density at radius 2 is 1.95 bits per heavy atom. The van der Waals surface area contributed by atoms with Crippen molar-refractivity contribution in [3.63, 3.8) is 0 Å². The molecule has 0 aromatic heterocycles. The monoisotopic (exact) mass is 287 g/mol. The first kappa shape index (κ1) is 14.4. The molecule has 2 rings (SSSR count). The van der Waals surface area contributed by atoms with E-state index in [2.05, 4.69) is 0 Å². The van der Waals surface area contributed by atoms with Gasteiger partial charge in [-0.15, -0.1) is 0 Å². The molecule has 1 heterocycles. The Morgan fingerprint density at radius 3 is 2.50 bits per heavy atom. The summed E-state index contributed by atoms with van der Waals surface area (Å²) < 4.78 is 37.3. The van der Waals surface area contributed by atoms with Crippen LogP contribution in [0.25, 0.3) is 0 Å². The number of carbonyl (C=O) groups is 2. The van der Waals surface area contributed by atoms with Gasteiger partial charge in [0.25, 0.3) is 0 Å². The van der Waals surface area contributed by atoms with E-state index in [1.807, 2.05) is 0 Å². The van der Waals surface area contributed by atoms with Crippen molar-refractivity contribution in [2.24, 2.45) is 0 Å². The van der Waals surface area contributed by atoms with E-state index < -0.39 is 18.1 Å². The molecule has 4 nitrogen and oxygen atoms in total. The number of halogens is 3. The van der Waals surface area contributed by atoms with Gasteiger partial charge in [-0.2, -0.15) is 13.2 Å². The van der Waals surface area contributed by atoms with Crippen LogP contribution in [0.15, 0.2) is 12.1 Å². The van der Waals surface area contributed by atoms with Gasteiger partial charge >= 0.3 is 18.1 Å². The number of aryl methyl sites for hydroxylation is 1. The molecule has 0 saturated carbocycles. The molecule has 1 N–H and O–H groups in total. The van der Waals surface area contributed by atoms with Crippen LogP contribution in [-0.2, 0) is 17.8 Å². The van der Waals surface area contributed by atoms with Crippen molar-refractivity contribution < 1.29 is 27.9 Å². The molecule has 0 bridgehead atoms. The Hall–Kier alpha value is -2.05. The summed E-state index contributed by atoms with van der Waals surface area (Å²) in [6.07, 6.45) is -4.72. The Morgan fingerprint density at radius 1 is 1.30 bits per heavy atom. The van der Waals surface area contributed by atoms with Gasteiger partial charge in [-0.05, 0) is 36.1 Å². The summed E-state index contributed by atoms with van der Waals surface area (Å²) in [7, 11) is 0. The van der Waals surface area contributed by atoms with Crippen LogP contribution in [-0.4, -0.2) is 34.6 Å². The van der Waals surface area contributed by atoms with Crippen LogP contribution in [0.2, 0.25) is 0 Å². The summed E-state index contributed by atoms with van der Waals surface area (Å²) >= 11 is 0. The molecule has 0 aliphatic carbocycles. The first-order valence-electron chi connectivity index (χ1n) is 5.92. The van der Waals surface area contributed by atoms with E-state index in [0.29, 0.717) is 10.5 Å². The molecule has 108 valence electrons. The number of hydrogen-bond donors (Lipinski definition) is 1. The summed E-state index contributed by atoms with van der Waals surface area (Å²) in [5.74, 6) is -3.13. The average molecular weight is 287 g/mol. The third kappa shape index (κ3) is 2.61. The molecule has 1 aromatic rings. The molecular weight excluding hydrogens is 275 g/mol. The molecule has 0 radical (unpaired) electrons. The number of nitrogens with zero attached hydrogens (tertiary/aromatic N) is 1. The van der Waals surface area contributed by atoms with Crippen LogP contribution in [0, 0.1) is 6.92 Å². The van der Waals surface area contributed by atoms with Gasteiger partial charge in [0, 0.05) is 13.1 Å². The lowest BCUT2D eigenvalue weighted by atomic mass is 9.92. The lowest BCUT2D eigenvalue weighted by molar-refractivity contribution is -0.186. The maximum absolute atomic E-state index is 12.4. The van der Waals surface area contributed by atoms with Crippen molar-refractivity contribution in [3.8, 4) is 0 Å². The van der Waals surface area contributed by atoms with E-state index in [0.717, 1.165) is 5.56 Å². The number of fused-ring (bicyclic) bond motifs is 1. The molecule has 0 saturated heterocycles. The maximum Gasteiger partial charge on any atom is 0.471 e. The SMILES string of the molecule is Cc1cc2c(c(C(=O)O)c1)CN(C(=O)C(F)(F)F)CC2. The van der Waals surface area contributed by atoms with E-state index in [1.54, 1.807) is 13.0 Å². The van der Waals surface area contributed by atoms with Crippen molar-refractivity contribution in [1.82, 2.24) is 4.90 Å². The number of carbonyl (C=O) groups excluding carboxylic acids is 1. The Balaban J connectivity index is 2.39. The van der Waals surface area contributed by atoms with Crippen LogP contribution in [0.5, 0.6) is 0 Å². The zero-order valence-electron chi connectivity index (χ0n) is 10.6. The third-order valence-electron chi connectivity index (χ3n) is 3.25. The summed E-state index contributed by atoms with van der Waals surface area (Å²) in [5.41, 5.74) is 1.66. The van der Waals surface area contributed by atoms with E-state index in [1.165, 1.54) is 6.07 Å². The Kier molecular flexibility index (Phi) is 3.45. The third-order valence-corrected chi connectivity index (χ3v) is 3.25. The molecule has 1 aliphatic rings. The number of benzene rings is 1. The topological polar surface area (TPSA) is 57.6 Å². The van der Waals surface area contributed by atoms with E-state index >= 15 is 0 Å². The van der Waals surface area contributed by atoms with E-state index in [-0.39, 0.29) is 30.6 Å². The van der Waals surface area contributed by atoms with Crippen LogP contribution >= 0.6 is 0 Å². The highest BCUT2D eigenvalue weighted by atomic mass is 19.4. The first-order valence-corrected chi connectivity index (χ1v) is 5.92. The number of aromatic carboxylic acids is 1. The number of carboxylic acid groups (broad SMARTS) is 1. The first-order chi connectivity index (χ1) is 9.20. The zero-order chi connectivity index (χ0) is 15.1. The number of hydrogen-bond acceptors (Lipinski definition) is 2. The number of alkyl halides is 3. The van der Waals surface area contributed by atoms with Gasteiger partial charge in [0.1, 0.15) is 0 Å². The molecule has 0 fully saturated rings. The highest BCUT2D eigenvalue weighted by Gasteiger charge is 2.43. The normalized spacial score (nSPS) is 14.9. The standard InChI is InChI=1S/C13H12F3NO3/c1-7-4-8-2-3-17(12(20)13(14,15)16)6-10(8)9(5-7)11(18)19/h4-5H,2-3,6H2,1H3,(H,18,19). The van der Waals surface area contributed by atoms with Gasteiger partial charge in [0.2, 0.25) is 0 Å². The van der Waals surface area contributed by atoms with Gasteiger partial charge in [-0.25, -0.2) is 4.79 Å². The predicted octanol–water partition coefficient (Wildman–Crippen LogP) is 2.14. The number of carboxylic acids is 1. The second kappa shape index (κ2) is 4.81. The smallest absolute Gasteiger partial charge is 0.471 e. The summed E-state index contributed by atoms with van der Waals surface area (Å²) in [6.45, 7) is 1.34. The molecule has 0 unspecified atom stereocenters. The van der Waals surface area contributed by atoms with Gasteiger partial charge in [-0.1, -0.05) is 6.07 Å².